The van der Waals surface area contributed by atoms with Crippen molar-refractivity contribution in [1.82, 2.24) is 0 Å². The first-order chi connectivity index (χ1) is 14.2. The molecule has 1 aliphatic heterocycles. The Morgan fingerprint density at radius 3 is 2.20 bits per heavy atom. The van der Waals surface area contributed by atoms with E-state index in [0.29, 0.717) is 10.5 Å². The van der Waals surface area contributed by atoms with E-state index in [2.05, 4.69) is 0 Å². The SMILES string of the molecule is C[NH+]1C[C@]2([N+](=O)[O-])C(=O)c3ccccc3[C@]([N+](=O)[O-])(C1)[C@H]2CC(=O)c1ccccc1. The predicted molar refractivity (Wildman–Crippen MR) is 105 cm³/mol. The molecule has 1 N–H and O–H groups in total. The van der Waals surface area contributed by atoms with Gasteiger partial charge in [-0.15, -0.1) is 0 Å². The van der Waals surface area contributed by atoms with E-state index in [0.717, 1.165) is 0 Å². The Hall–Kier alpha value is -3.46. The first kappa shape index (κ1) is 19.8. The van der Waals surface area contributed by atoms with E-state index in [9.17, 15) is 29.8 Å². The zero-order valence-corrected chi connectivity index (χ0v) is 16.2. The van der Waals surface area contributed by atoms with Gasteiger partial charge in [-0.3, -0.25) is 29.8 Å². The van der Waals surface area contributed by atoms with Crippen LogP contribution in [-0.2, 0) is 5.54 Å². The number of nitro groups is 2. The van der Waals surface area contributed by atoms with Crippen molar-refractivity contribution in [1.29, 1.82) is 0 Å². The van der Waals surface area contributed by atoms with Gasteiger partial charge in [0.15, 0.2) is 18.9 Å². The first-order valence-corrected chi connectivity index (χ1v) is 9.58. The van der Waals surface area contributed by atoms with Crippen LogP contribution in [0.5, 0.6) is 0 Å². The fourth-order valence-corrected chi connectivity index (χ4v) is 5.27. The average Bonchev–Trinajstić information content (AvgIpc) is 2.73. The molecule has 2 aliphatic rings. The second kappa shape index (κ2) is 6.81. The summed E-state index contributed by atoms with van der Waals surface area (Å²) in [6, 6.07) is 14.2. The van der Waals surface area contributed by atoms with E-state index >= 15 is 0 Å². The molecule has 30 heavy (non-hydrogen) atoms. The zero-order valence-electron chi connectivity index (χ0n) is 16.2. The molecule has 0 aromatic heterocycles. The lowest BCUT2D eigenvalue weighted by Crippen LogP contribution is -3.17. The molecule has 4 rings (SSSR count). The van der Waals surface area contributed by atoms with Crippen LogP contribution >= 0.6 is 0 Å². The molecule has 9 nitrogen and oxygen atoms in total. The van der Waals surface area contributed by atoms with Gasteiger partial charge in [0.1, 0.15) is 5.92 Å². The van der Waals surface area contributed by atoms with Crippen LogP contribution in [0.3, 0.4) is 0 Å². The monoisotopic (exact) mass is 410 g/mol. The predicted octanol–water partition coefficient (Wildman–Crippen LogP) is 0.788. The van der Waals surface area contributed by atoms with Crippen molar-refractivity contribution in [3.8, 4) is 0 Å². The number of Topliss-reactive ketones (excluding diaryl/α,β-unsaturated/α-hetero) is 2. The minimum Gasteiger partial charge on any atom is -0.325 e. The molecule has 2 bridgehead atoms. The van der Waals surface area contributed by atoms with Crippen molar-refractivity contribution in [3.05, 3.63) is 91.5 Å². The largest absolute Gasteiger partial charge is 0.341 e. The number of hydrogen-bond donors (Lipinski definition) is 1. The summed E-state index contributed by atoms with van der Waals surface area (Å²) in [4.78, 5) is 50.7. The molecule has 9 heteroatoms. The maximum atomic E-state index is 13.4. The number of nitrogens with zero attached hydrogens (tertiary/aromatic N) is 2. The number of rotatable bonds is 5. The number of nitrogens with one attached hydrogen (secondary N) is 1. The Morgan fingerprint density at radius 2 is 1.57 bits per heavy atom. The van der Waals surface area contributed by atoms with Crippen LogP contribution in [0.4, 0.5) is 0 Å². The normalized spacial score (nSPS) is 29.7. The van der Waals surface area contributed by atoms with E-state index in [1.54, 1.807) is 49.5 Å². The molecule has 1 heterocycles. The van der Waals surface area contributed by atoms with Gasteiger partial charge in [-0.05, 0) is 0 Å². The lowest BCUT2D eigenvalue weighted by molar-refractivity contribution is -0.932. The maximum Gasteiger partial charge on any atom is 0.341 e. The highest BCUT2D eigenvalue weighted by Crippen LogP contribution is 2.50. The van der Waals surface area contributed by atoms with Gasteiger partial charge in [0.2, 0.25) is 5.78 Å². The third kappa shape index (κ3) is 2.51. The van der Waals surface area contributed by atoms with Crippen LogP contribution in [-0.4, -0.2) is 47.1 Å². The molecular formula is C21H20N3O6+. The second-order valence-electron chi connectivity index (χ2n) is 8.09. The summed E-state index contributed by atoms with van der Waals surface area (Å²) in [5, 5.41) is 24.9. The first-order valence-electron chi connectivity index (χ1n) is 9.58. The Morgan fingerprint density at radius 1 is 1.00 bits per heavy atom. The lowest BCUT2D eigenvalue weighted by atomic mass is 9.56. The molecule has 0 radical (unpaired) electrons. The quantitative estimate of drug-likeness (QED) is 0.441. The number of quaternary nitrogens is 1. The molecule has 2 aromatic rings. The third-order valence-corrected chi connectivity index (χ3v) is 6.46. The molecule has 2 aromatic carbocycles. The Bertz CT molecular complexity index is 1070. The highest BCUT2D eigenvalue weighted by Gasteiger charge is 2.79. The summed E-state index contributed by atoms with van der Waals surface area (Å²) in [7, 11) is 1.60. The fraction of sp³-hybridized carbons (Fsp3) is 0.333. The number of hydrogen-bond acceptors (Lipinski definition) is 6. The van der Waals surface area contributed by atoms with E-state index < -0.39 is 44.8 Å². The summed E-state index contributed by atoms with van der Waals surface area (Å²) in [6.07, 6.45) is -0.459. The number of ketones is 2. The smallest absolute Gasteiger partial charge is 0.325 e. The molecule has 0 spiro atoms. The molecule has 154 valence electrons. The number of piperidine rings is 1. The summed E-state index contributed by atoms with van der Waals surface area (Å²) >= 11 is 0. The van der Waals surface area contributed by atoms with Crippen LogP contribution in [0.25, 0.3) is 0 Å². The second-order valence-corrected chi connectivity index (χ2v) is 8.09. The van der Waals surface area contributed by atoms with Gasteiger partial charge in [0, 0.05) is 33.0 Å². The van der Waals surface area contributed by atoms with Crippen LogP contribution in [0.1, 0.15) is 32.7 Å². The summed E-state index contributed by atoms with van der Waals surface area (Å²) < 4.78 is 0. The summed E-state index contributed by atoms with van der Waals surface area (Å²) in [5.41, 5.74) is -3.69. The van der Waals surface area contributed by atoms with Gasteiger partial charge in [-0.25, -0.2) is 0 Å². The minimum atomic E-state index is -2.24. The van der Waals surface area contributed by atoms with Crippen molar-refractivity contribution >= 4 is 11.6 Å². The summed E-state index contributed by atoms with van der Waals surface area (Å²) in [6.45, 7) is -0.262. The lowest BCUT2D eigenvalue weighted by Gasteiger charge is -2.47. The molecule has 4 atom stereocenters. The summed E-state index contributed by atoms with van der Waals surface area (Å²) in [5.74, 6) is -2.61. The highest BCUT2D eigenvalue weighted by molar-refractivity contribution is 6.06. The number of carbonyl (C=O) groups excluding carboxylic acids is 2. The molecule has 1 saturated heterocycles. The average molecular weight is 410 g/mol. The number of likely N-dealkylation sites (N-methyl/N-ethyl adjacent to an activating group) is 1. The Kier molecular flexibility index (Phi) is 4.50. The van der Waals surface area contributed by atoms with Gasteiger partial charge in [-0.1, -0.05) is 54.6 Å². The van der Waals surface area contributed by atoms with Crippen molar-refractivity contribution in [2.75, 3.05) is 20.1 Å². The van der Waals surface area contributed by atoms with Crippen LogP contribution in [0, 0.1) is 26.1 Å². The van der Waals surface area contributed by atoms with Crippen molar-refractivity contribution in [2.24, 2.45) is 5.92 Å². The van der Waals surface area contributed by atoms with Crippen molar-refractivity contribution < 1.29 is 24.3 Å². The molecule has 0 saturated carbocycles. The number of benzene rings is 2. The molecular weight excluding hydrogens is 390 g/mol. The topological polar surface area (TPSA) is 125 Å². The maximum absolute atomic E-state index is 13.4. The van der Waals surface area contributed by atoms with Crippen molar-refractivity contribution in [2.45, 2.75) is 17.5 Å². The fourth-order valence-electron chi connectivity index (χ4n) is 5.27. The minimum absolute atomic E-state index is 0.00168. The van der Waals surface area contributed by atoms with Gasteiger partial charge < -0.3 is 4.90 Å². The van der Waals surface area contributed by atoms with Gasteiger partial charge in [-0.2, -0.15) is 0 Å². The van der Waals surface area contributed by atoms with Gasteiger partial charge >= 0.3 is 11.1 Å². The molecule has 1 aliphatic carbocycles. The molecule has 1 unspecified atom stereocenters. The Balaban J connectivity index is 1.98. The van der Waals surface area contributed by atoms with E-state index in [1.165, 1.54) is 12.1 Å². The third-order valence-electron chi connectivity index (χ3n) is 6.46. The van der Waals surface area contributed by atoms with E-state index in [4.69, 9.17) is 0 Å². The van der Waals surface area contributed by atoms with Crippen LogP contribution in [0.2, 0.25) is 0 Å². The van der Waals surface area contributed by atoms with Crippen LogP contribution < -0.4 is 4.90 Å². The van der Waals surface area contributed by atoms with Gasteiger partial charge in [0.25, 0.3) is 0 Å². The zero-order chi connectivity index (χ0) is 21.7. The number of carbonyl (C=O) groups is 2. The number of likely N-dealkylation sites (tertiary alicyclic amines) is 1. The van der Waals surface area contributed by atoms with Crippen molar-refractivity contribution in [3.63, 3.8) is 0 Å². The molecule has 1 fully saturated rings. The van der Waals surface area contributed by atoms with Gasteiger partial charge in [0.05, 0.1) is 7.05 Å². The standard InChI is InChI=1S/C21H19N3O6/c1-22-12-20(23(27)28)16-10-6-5-9-15(16)19(26)21(13-22,24(29)30)18(20)11-17(25)14-7-3-2-4-8-14/h2-10,18H,11-13H2,1H3/p+1/t18-,20-,21-/m1/s1. The highest BCUT2D eigenvalue weighted by atomic mass is 16.6. The van der Waals surface area contributed by atoms with E-state index in [-0.39, 0.29) is 24.2 Å². The number of fused-ring (bicyclic) bond motifs is 4. The van der Waals surface area contributed by atoms with Crippen LogP contribution in [0.15, 0.2) is 54.6 Å². The Labute approximate surface area is 171 Å². The molecule has 0 amide bonds. The van der Waals surface area contributed by atoms with E-state index in [1.807, 2.05) is 0 Å².